The van der Waals surface area contributed by atoms with Crippen molar-refractivity contribution in [3.63, 3.8) is 0 Å². The number of hydrogen-bond acceptors (Lipinski definition) is 6. The van der Waals surface area contributed by atoms with E-state index < -0.39 is 12.0 Å². The minimum atomic E-state index is -1.19. The zero-order valence-corrected chi connectivity index (χ0v) is 26.9. The Morgan fingerprint density at radius 3 is 1.95 bits per heavy atom. The minimum Gasteiger partial charge on any atom is -0.871 e. The summed E-state index contributed by atoms with van der Waals surface area (Å²) in [5.41, 5.74) is 3.33. The molecule has 0 fully saturated rings. The molecule has 1 atom stereocenters. The Labute approximate surface area is 255 Å². The number of nitrogens with zero attached hydrogens (tertiary/aromatic N) is 2. The number of carboxylic acids is 1. The van der Waals surface area contributed by atoms with E-state index in [1.807, 2.05) is 42.5 Å². The third-order valence-electron chi connectivity index (χ3n) is 5.54. The predicted molar refractivity (Wildman–Crippen MR) is 151 cm³/mol. The number of hydrogen-bond donors (Lipinski definition) is 1. The van der Waals surface area contributed by atoms with Crippen LogP contribution in [0.5, 0.6) is 5.75 Å². The molecule has 0 aliphatic rings. The van der Waals surface area contributed by atoms with Gasteiger partial charge in [-0.25, -0.2) is 0 Å². The summed E-state index contributed by atoms with van der Waals surface area (Å²) < 4.78 is 1.19. The second kappa shape index (κ2) is 16.3. The zero-order chi connectivity index (χ0) is 25.5. The van der Waals surface area contributed by atoms with Crippen molar-refractivity contribution in [2.75, 3.05) is 0 Å². The first-order valence-electron chi connectivity index (χ1n) is 11.1. The fourth-order valence-corrected chi connectivity index (χ4v) is 5.06. The largest absolute Gasteiger partial charge is 2.00 e. The maximum absolute atomic E-state index is 12.0. The van der Waals surface area contributed by atoms with Crippen LogP contribution >= 0.6 is 31.9 Å². The molecule has 0 aliphatic heterocycles. The van der Waals surface area contributed by atoms with Crippen molar-refractivity contribution in [1.29, 1.82) is 0 Å². The number of benzene rings is 3. The van der Waals surface area contributed by atoms with Crippen molar-refractivity contribution >= 4 is 59.6 Å². The van der Waals surface area contributed by atoms with Crippen LogP contribution in [0.3, 0.4) is 0 Å². The minimum absolute atomic E-state index is 0. The molecular weight excluding hydrogens is 684 g/mol. The molecule has 5 N–H and O–H groups in total. The molecule has 0 amide bonds. The van der Waals surface area contributed by atoms with Gasteiger partial charge in [-0.1, -0.05) is 92.2 Å². The third kappa shape index (κ3) is 9.13. The van der Waals surface area contributed by atoms with Gasteiger partial charge in [0.15, 0.2) is 0 Å². The van der Waals surface area contributed by atoms with E-state index in [0.29, 0.717) is 16.5 Å². The molecule has 11 heteroatoms. The van der Waals surface area contributed by atoms with Gasteiger partial charge in [-0.3, -0.25) is 9.97 Å². The molecule has 39 heavy (non-hydrogen) atoms. The first-order chi connectivity index (χ1) is 17.4. The van der Waals surface area contributed by atoms with Gasteiger partial charge >= 0.3 is 19.5 Å². The molecule has 2 aromatic heterocycles. The summed E-state index contributed by atoms with van der Waals surface area (Å²) >= 11 is 6.50. The number of aromatic nitrogens is 2. The number of aliphatic carboxylic acids is 1. The Morgan fingerprint density at radius 1 is 0.846 bits per heavy atom. The molecule has 5 aromatic rings. The van der Waals surface area contributed by atoms with E-state index in [2.05, 4.69) is 71.4 Å². The fraction of sp³-hybridized carbons (Fsp3) is 0.107. The van der Waals surface area contributed by atoms with Gasteiger partial charge in [-0.15, -0.1) is 0 Å². The topological polar surface area (TPSA) is 164 Å². The smallest absolute Gasteiger partial charge is 0.871 e. The molecule has 5 rings (SSSR count). The van der Waals surface area contributed by atoms with Crippen molar-refractivity contribution in [2.45, 2.75) is 19.0 Å². The Kier molecular flexibility index (Phi) is 14.4. The molecule has 0 saturated heterocycles. The van der Waals surface area contributed by atoms with Crippen molar-refractivity contribution in [3.8, 4) is 5.75 Å². The molecule has 0 unspecified atom stereocenters. The van der Waals surface area contributed by atoms with Gasteiger partial charge in [0.05, 0.1) is 23.0 Å². The van der Waals surface area contributed by atoms with Crippen LogP contribution in [-0.2, 0) is 37.2 Å². The fourth-order valence-electron chi connectivity index (χ4n) is 3.75. The van der Waals surface area contributed by atoms with Crippen molar-refractivity contribution in [2.24, 2.45) is 0 Å². The Bertz CT molecular complexity index is 1450. The molecule has 0 radical (unpaired) electrons. The van der Waals surface area contributed by atoms with E-state index in [4.69, 9.17) is 0 Å². The number of carbonyl (C=O) groups is 1. The molecule has 0 bridgehead atoms. The van der Waals surface area contributed by atoms with Crippen molar-refractivity contribution in [3.05, 3.63) is 111 Å². The summed E-state index contributed by atoms with van der Waals surface area (Å²) in [6.45, 7) is 0.155. The van der Waals surface area contributed by atoms with Crippen LogP contribution in [0.2, 0.25) is 0 Å². The first-order valence-corrected chi connectivity index (χ1v) is 12.7. The van der Waals surface area contributed by atoms with E-state index in [-0.39, 0.29) is 42.7 Å². The Hall–Kier alpha value is -2.79. The number of halogens is 2. The van der Waals surface area contributed by atoms with Crippen LogP contribution in [0.4, 0.5) is 0 Å². The molecule has 0 spiro atoms. The summed E-state index contributed by atoms with van der Waals surface area (Å²) in [4.78, 5) is 20.0. The van der Waals surface area contributed by atoms with Gasteiger partial charge in [0.2, 0.25) is 0 Å². The normalized spacial score (nSPS) is 10.7. The van der Waals surface area contributed by atoms with Crippen LogP contribution in [-0.4, -0.2) is 32.9 Å². The molecule has 3 aromatic carbocycles. The summed E-state index contributed by atoms with van der Waals surface area (Å²) in [7, 11) is 0. The van der Waals surface area contributed by atoms with Crippen LogP contribution in [0.15, 0.2) is 100 Å². The van der Waals surface area contributed by atoms with E-state index in [0.717, 1.165) is 31.8 Å². The SMILES string of the molecule is O.O.O=C([O-])[C@@H](Cc1ccccc1)NCc1cc(Br)cc(Br)c1[O-].[Zn+2].c1cnc2c(c1)ccc1cccnc12. The van der Waals surface area contributed by atoms with E-state index in [9.17, 15) is 15.0 Å². The summed E-state index contributed by atoms with van der Waals surface area (Å²) in [5.74, 6) is -1.35. The molecule has 0 saturated carbocycles. The van der Waals surface area contributed by atoms with Crippen molar-refractivity contribution < 1.29 is 45.4 Å². The van der Waals surface area contributed by atoms with Gasteiger partial charge in [0.1, 0.15) is 0 Å². The van der Waals surface area contributed by atoms with Crippen LogP contribution < -0.4 is 15.5 Å². The average Bonchev–Trinajstić information content (AvgIpc) is 2.90. The van der Waals surface area contributed by atoms with Crippen molar-refractivity contribution in [1.82, 2.24) is 15.3 Å². The number of carbonyl (C=O) groups excluding carboxylic acids is 1. The summed E-state index contributed by atoms with van der Waals surface area (Å²) in [5, 5.41) is 28.4. The molecular formula is C28H25Br2N3O5Zn. The van der Waals surface area contributed by atoms with Gasteiger partial charge in [0.25, 0.3) is 0 Å². The Balaban J connectivity index is 0.000000389. The number of carboxylic acid groups (broad SMARTS) is 1. The van der Waals surface area contributed by atoms with Crippen LogP contribution in [0.1, 0.15) is 11.1 Å². The maximum Gasteiger partial charge on any atom is 2.00 e. The number of fused-ring (bicyclic) bond motifs is 3. The quantitative estimate of drug-likeness (QED) is 0.211. The second-order valence-corrected chi connectivity index (χ2v) is 9.80. The summed E-state index contributed by atoms with van der Waals surface area (Å²) in [6.07, 6.45) is 3.90. The Morgan fingerprint density at radius 2 is 1.41 bits per heavy atom. The predicted octanol–water partition coefficient (Wildman–Crippen LogP) is 2.87. The van der Waals surface area contributed by atoms with Crippen LogP contribution in [0, 0.1) is 0 Å². The van der Waals surface area contributed by atoms with E-state index in [1.165, 1.54) is 0 Å². The summed E-state index contributed by atoms with van der Waals surface area (Å²) in [6, 6.07) is 23.9. The van der Waals surface area contributed by atoms with Gasteiger partial charge in [0, 0.05) is 38.7 Å². The zero-order valence-electron chi connectivity index (χ0n) is 20.7. The van der Waals surface area contributed by atoms with Crippen LogP contribution in [0.25, 0.3) is 21.8 Å². The van der Waals surface area contributed by atoms with Gasteiger partial charge in [-0.05, 0) is 41.8 Å². The third-order valence-corrected chi connectivity index (χ3v) is 6.58. The first kappa shape index (κ1) is 34.2. The monoisotopic (exact) mass is 705 g/mol. The standard InChI is InChI=1S/C16H15Br2NO3.C12H8N2.2H2O.Zn/c17-12-7-11(15(20)13(18)8-12)9-19-14(16(21)22)6-10-4-2-1-3-5-10;1-3-9-5-6-10-4-2-8-14-12(10)11(9)13-7-1;;;/h1-5,7-8,14,19-20H,6,9H2,(H,21,22);1-8H;2*1H2;/q;;;;+2/p-2/t14-;;;;/m1..../s1. The average molecular weight is 709 g/mol. The van der Waals surface area contributed by atoms with E-state index in [1.54, 1.807) is 24.5 Å². The number of pyridine rings is 2. The second-order valence-electron chi connectivity index (χ2n) is 8.03. The maximum atomic E-state index is 12.0. The number of nitrogens with one attached hydrogen (secondary N) is 1. The number of rotatable bonds is 6. The van der Waals surface area contributed by atoms with E-state index >= 15 is 0 Å². The molecule has 2 heterocycles. The van der Waals surface area contributed by atoms with Gasteiger partial charge in [-0.2, -0.15) is 0 Å². The van der Waals surface area contributed by atoms with Gasteiger partial charge < -0.3 is 31.3 Å². The molecule has 0 aliphatic carbocycles. The molecule has 8 nitrogen and oxygen atoms in total. The molecule has 198 valence electrons.